The third-order valence-corrected chi connectivity index (χ3v) is 5.80. The van der Waals surface area contributed by atoms with E-state index in [0.717, 1.165) is 35.9 Å². The van der Waals surface area contributed by atoms with Gasteiger partial charge in [0.2, 0.25) is 0 Å². The van der Waals surface area contributed by atoms with Gasteiger partial charge >= 0.3 is 0 Å². The van der Waals surface area contributed by atoms with Crippen molar-refractivity contribution in [2.24, 2.45) is 22.6 Å². The number of aliphatic hydroxyl groups excluding tert-OH is 1. The van der Waals surface area contributed by atoms with Gasteiger partial charge in [0.05, 0.1) is 11.4 Å². The number of allylic oxidation sites excluding steroid dienone is 1. The number of benzene rings is 1. The van der Waals surface area contributed by atoms with Gasteiger partial charge in [-0.25, -0.2) is 13.8 Å². The fraction of sp³-hybridized carbons (Fsp3) is 0.450. The Balaban J connectivity index is 1.70. The Morgan fingerprint density at radius 3 is 2.82 bits per heavy atom. The highest BCUT2D eigenvalue weighted by atomic mass is 19.3. The van der Waals surface area contributed by atoms with Crippen molar-refractivity contribution >= 4 is 11.5 Å². The smallest absolute Gasteiger partial charge is 0.270 e. The van der Waals surface area contributed by atoms with E-state index >= 15 is 0 Å². The topological polar surface area (TPSA) is 94.1 Å². The summed E-state index contributed by atoms with van der Waals surface area (Å²) >= 11 is 0. The highest BCUT2D eigenvalue weighted by Gasteiger charge is 2.43. The quantitative estimate of drug-likeness (QED) is 0.616. The van der Waals surface area contributed by atoms with E-state index in [9.17, 15) is 19.0 Å². The maximum atomic E-state index is 13.3. The number of nitrogens with two attached hydrogens (primary N) is 1. The molecule has 1 fully saturated rings. The first-order valence-corrected chi connectivity index (χ1v) is 9.27. The van der Waals surface area contributed by atoms with Crippen LogP contribution in [0.25, 0.3) is 5.70 Å². The van der Waals surface area contributed by atoms with Gasteiger partial charge in [-0.3, -0.25) is 0 Å². The molecule has 0 radical (unpaired) electrons. The minimum absolute atomic E-state index is 0.117. The fourth-order valence-electron chi connectivity index (χ4n) is 3.75. The second-order valence-electron chi connectivity index (χ2n) is 7.86. The van der Waals surface area contributed by atoms with Crippen LogP contribution in [0.15, 0.2) is 41.3 Å². The van der Waals surface area contributed by atoms with Crippen molar-refractivity contribution in [2.75, 3.05) is 6.61 Å². The van der Waals surface area contributed by atoms with E-state index in [1.165, 1.54) is 6.07 Å². The van der Waals surface area contributed by atoms with Crippen LogP contribution >= 0.6 is 0 Å². The van der Waals surface area contributed by atoms with E-state index in [0.29, 0.717) is 5.84 Å². The molecule has 4 atom stereocenters. The average Bonchev–Trinajstić information content (AvgIpc) is 3.33. The molecule has 5 N–H and O–H groups in total. The first-order chi connectivity index (χ1) is 13.2. The number of aliphatic hydroxyl groups is 2. The van der Waals surface area contributed by atoms with E-state index in [1.54, 1.807) is 18.3 Å². The molecular formula is C20H24F2N4O2. The molecule has 4 rings (SSSR count). The number of halogens is 2. The van der Waals surface area contributed by atoms with Crippen LogP contribution in [0.1, 0.15) is 30.0 Å². The Hall–Kier alpha value is -2.45. The summed E-state index contributed by atoms with van der Waals surface area (Å²) in [5, 5.41) is 22.7. The summed E-state index contributed by atoms with van der Waals surface area (Å²) in [6.45, 7) is 3.12. The molecule has 150 valence electrons. The van der Waals surface area contributed by atoms with Gasteiger partial charge in [-0.1, -0.05) is 12.1 Å². The third-order valence-electron chi connectivity index (χ3n) is 5.80. The van der Waals surface area contributed by atoms with E-state index < -0.39 is 12.0 Å². The maximum absolute atomic E-state index is 13.3. The number of alkyl halides is 2. The van der Waals surface area contributed by atoms with Crippen LogP contribution in [-0.2, 0) is 5.60 Å². The zero-order valence-electron chi connectivity index (χ0n) is 15.7. The standard InChI is InChI=1S/C20H24F2N4O2/c1-10-3-4-12(20(2,28)19(21)22)6-13(10)16-7-24-18-17(23)25-15(8-26(16)18)14-5-11(14)9-27/h3-4,6-8,11,14,18-19,24,27-28H,5,9H2,1-2H3,(H2,23,25). The van der Waals surface area contributed by atoms with Gasteiger partial charge in [-0.2, -0.15) is 0 Å². The second-order valence-corrected chi connectivity index (χ2v) is 7.86. The average molecular weight is 390 g/mol. The summed E-state index contributed by atoms with van der Waals surface area (Å²) in [6.07, 6.45) is 1.32. The summed E-state index contributed by atoms with van der Waals surface area (Å²) in [4.78, 5) is 6.42. The van der Waals surface area contributed by atoms with E-state index in [-0.39, 0.29) is 30.2 Å². The van der Waals surface area contributed by atoms with Crippen molar-refractivity contribution in [1.29, 1.82) is 0 Å². The van der Waals surface area contributed by atoms with Gasteiger partial charge < -0.3 is 26.2 Å². The van der Waals surface area contributed by atoms with Gasteiger partial charge in [-0.15, -0.1) is 0 Å². The van der Waals surface area contributed by atoms with Crippen molar-refractivity contribution in [3.8, 4) is 0 Å². The molecule has 1 aliphatic carbocycles. The van der Waals surface area contributed by atoms with Crippen LogP contribution in [-0.4, -0.2) is 40.1 Å². The lowest BCUT2D eigenvalue weighted by molar-refractivity contribution is -0.0883. The predicted octanol–water partition coefficient (Wildman–Crippen LogP) is 1.84. The van der Waals surface area contributed by atoms with Gasteiger partial charge in [0.1, 0.15) is 11.4 Å². The minimum Gasteiger partial charge on any atom is -0.396 e. The van der Waals surface area contributed by atoms with Gasteiger partial charge in [0.25, 0.3) is 6.43 Å². The fourth-order valence-corrected chi connectivity index (χ4v) is 3.75. The van der Waals surface area contributed by atoms with Crippen LogP contribution in [0.4, 0.5) is 8.78 Å². The molecular weight excluding hydrogens is 366 g/mol. The van der Waals surface area contributed by atoms with Gasteiger partial charge in [0.15, 0.2) is 6.17 Å². The van der Waals surface area contributed by atoms with E-state index in [4.69, 9.17) is 5.73 Å². The lowest BCUT2D eigenvalue weighted by Gasteiger charge is -2.31. The van der Waals surface area contributed by atoms with Gasteiger partial charge in [0, 0.05) is 30.5 Å². The molecule has 0 amide bonds. The Bertz CT molecular complexity index is 894. The Kier molecular flexibility index (Phi) is 4.43. The molecule has 0 saturated heterocycles. The lowest BCUT2D eigenvalue weighted by Crippen LogP contribution is -2.47. The monoisotopic (exact) mass is 390 g/mol. The lowest BCUT2D eigenvalue weighted by atomic mass is 9.92. The summed E-state index contributed by atoms with van der Waals surface area (Å²) < 4.78 is 26.6. The number of aliphatic imine (C=N–C) groups is 1. The molecule has 0 aromatic heterocycles. The summed E-state index contributed by atoms with van der Waals surface area (Å²) in [6, 6.07) is 4.85. The molecule has 6 nitrogen and oxygen atoms in total. The minimum atomic E-state index is -2.90. The molecule has 0 spiro atoms. The second kappa shape index (κ2) is 6.56. The van der Waals surface area contributed by atoms with E-state index in [1.807, 2.05) is 18.0 Å². The zero-order valence-corrected chi connectivity index (χ0v) is 15.7. The first kappa shape index (κ1) is 18.9. The number of nitrogens with zero attached hydrogens (tertiary/aromatic N) is 2. The van der Waals surface area contributed by atoms with Gasteiger partial charge in [-0.05, 0) is 43.4 Å². The zero-order chi connectivity index (χ0) is 20.2. The number of amidine groups is 1. The van der Waals surface area contributed by atoms with Crippen LogP contribution in [0.2, 0.25) is 0 Å². The predicted molar refractivity (Wildman–Crippen MR) is 102 cm³/mol. The number of nitrogens with one attached hydrogen (secondary N) is 1. The normalized spacial score (nSPS) is 28.2. The van der Waals surface area contributed by atoms with Crippen LogP contribution in [0, 0.1) is 18.8 Å². The largest absolute Gasteiger partial charge is 0.396 e. The molecule has 2 aliphatic heterocycles. The molecule has 3 aliphatic rings. The number of rotatable bonds is 5. The van der Waals surface area contributed by atoms with E-state index in [2.05, 4.69) is 10.3 Å². The van der Waals surface area contributed by atoms with Crippen LogP contribution in [0.3, 0.4) is 0 Å². The third kappa shape index (κ3) is 2.97. The van der Waals surface area contributed by atoms with Crippen molar-refractivity contribution in [3.63, 3.8) is 0 Å². The van der Waals surface area contributed by atoms with Crippen molar-refractivity contribution < 1.29 is 19.0 Å². The van der Waals surface area contributed by atoms with Crippen molar-refractivity contribution in [3.05, 3.63) is 53.0 Å². The number of hydrogen-bond donors (Lipinski definition) is 4. The SMILES string of the molecule is Cc1ccc(C(C)(O)C(F)F)cc1C1=CNC2C(N)=NC(C3CC3CO)=CN12. The van der Waals surface area contributed by atoms with Crippen molar-refractivity contribution in [2.45, 2.75) is 38.5 Å². The Labute approximate surface area is 162 Å². The number of aryl methyl sites for hydroxylation is 1. The summed E-state index contributed by atoms with van der Waals surface area (Å²) in [5.41, 5.74) is 7.27. The molecule has 1 aromatic carbocycles. The molecule has 0 bridgehead atoms. The molecule has 1 aromatic rings. The molecule has 28 heavy (non-hydrogen) atoms. The molecule has 2 heterocycles. The maximum Gasteiger partial charge on any atom is 0.270 e. The molecule has 1 saturated carbocycles. The van der Waals surface area contributed by atoms with Crippen LogP contribution in [0.5, 0.6) is 0 Å². The van der Waals surface area contributed by atoms with Crippen molar-refractivity contribution in [1.82, 2.24) is 10.2 Å². The number of fused-ring (bicyclic) bond motifs is 1. The van der Waals surface area contributed by atoms with Crippen LogP contribution < -0.4 is 11.1 Å². The summed E-state index contributed by atoms with van der Waals surface area (Å²) in [7, 11) is 0. The first-order valence-electron chi connectivity index (χ1n) is 9.27. The number of hydrogen-bond acceptors (Lipinski definition) is 6. The summed E-state index contributed by atoms with van der Waals surface area (Å²) in [5.74, 6) is 0.799. The highest BCUT2D eigenvalue weighted by Crippen LogP contribution is 2.46. The Morgan fingerprint density at radius 2 is 2.18 bits per heavy atom. The molecule has 8 heteroatoms. The highest BCUT2D eigenvalue weighted by molar-refractivity contribution is 5.91. The Morgan fingerprint density at radius 1 is 1.43 bits per heavy atom. The molecule has 4 unspecified atom stereocenters.